The molecule has 1 aromatic rings. The van der Waals surface area contributed by atoms with Crippen molar-refractivity contribution >= 4 is 34.4 Å². The summed E-state index contributed by atoms with van der Waals surface area (Å²) in [7, 11) is 0. The van der Waals surface area contributed by atoms with Gasteiger partial charge in [0, 0.05) is 15.7 Å². The number of amides is 1. The lowest BCUT2D eigenvalue weighted by atomic mass is 10.3. The summed E-state index contributed by atoms with van der Waals surface area (Å²) >= 11 is 2.21. The quantitative estimate of drug-likeness (QED) is 0.847. The Morgan fingerprint density at radius 1 is 1.44 bits per heavy atom. The number of carbonyl (C=O) groups excluding carboxylic acids is 1. The zero-order valence-electron chi connectivity index (χ0n) is 8.61. The van der Waals surface area contributed by atoms with Crippen molar-refractivity contribution in [1.82, 2.24) is 0 Å². The van der Waals surface area contributed by atoms with Crippen molar-refractivity contribution in [2.24, 2.45) is 0 Å². The van der Waals surface area contributed by atoms with Gasteiger partial charge in [0.05, 0.1) is 13.2 Å². The average Bonchev–Trinajstić information content (AvgIpc) is 2.74. The minimum absolute atomic E-state index is 0.108. The lowest BCUT2D eigenvalue weighted by molar-refractivity contribution is 0.0932. The predicted molar refractivity (Wildman–Crippen MR) is 68.5 cm³/mol. The van der Waals surface area contributed by atoms with Crippen molar-refractivity contribution < 1.29 is 14.3 Å². The molecule has 1 aliphatic heterocycles. The number of hydrogen-bond donors (Lipinski definition) is 1. The third-order valence-corrected chi connectivity index (χ3v) is 2.97. The number of carbonyl (C=O) groups is 1. The summed E-state index contributed by atoms with van der Waals surface area (Å²) in [6.45, 7) is 1.17. The number of rotatable bonds is 2. The summed E-state index contributed by atoms with van der Waals surface area (Å²) < 4.78 is 11.4. The standard InChI is InChI=1S/C11H12INO3/c12-8-1-3-9(4-2-8)13-11(14)16-10-5-6-15-7-10/h1-4,10H,5-7H2,(H,13,14). The van der Waals surface area contributed by atoms with Crippen LogP contribution in [-0.4, -0.2) is 25.4 Å². The summed E-state index contributed by atoms with van der Waals surface area (Å²) in [5, 5.41) is 2.68. The molecule has 1 heterocycles. The van der Waals surface area contributed by atoms with Crippen LogP contribution in [0.1, 0.15) is 6.42 Å². The molecule has 1 aromatic carbocycles. The van der Waals surface area contributed by atoms with Gasteiger partial charge in [-0.05, 0) is 46.9 Å². The van der Waals surface area contributed by atoms with E-state index in [1.807, 2.05) is 24.3 Å². The number of halogens is 1. The molecule has 0 aliphatic carbocycles. The maximum atomic E-state index is 11.5. The van der Waals surface area contributed by atoms with Crippen molar-refractivity contribution in [2.45, 2.75) is 12.5 Å². The third-order valence-electron chi connectivity index (χ3n) is 2.25. The van der Waals surface area contributed by atoms with Crippen LogP contribution in [0.5, 0.6) is 0 Å². The first-order valence-corrected chi connectivity index (χ1v) is 6.13. The van der Waals surface area contributed by atoms with Gasteiger partial charge in [0.25, 0.3) is 0 Å². The lowest BCUT2D eigenvalue weighted by Gasteiger charge is -2.11. The first kappa shape index (κ1) is 11.7. The van der Waals surface area contributed by atoms with E-state index >= 15 is 0 Å². The van der Waals surface area contributed by atoms with Crippen molar-refractivity contribution in [3.8, 4) is 0 Å². The molecule has 1 N–H and O–H groups in total. The number of nitrogens with one attached hydrogen (secondary N) is 1. The molecule has 1 amide bonds. The molecule has 1 aliphatic rings. The van der Waals surface area contributed by atoms with Crippen LogP contribution >= 0.6 is 22.6 Å². The zero-order valence-corrected chi connectivity index (χ0v) is 10.8. The summed E-state index contributed by atoms with van der Waals surface area (Å²) in [5.74, 6) is 0. The van der Waals surface area contributed by atoms with Gasteiger partial charge in [-0.25, -0.2) is 4.79 Å². The van der Waals surface area contributed by atoms with Gasteiger partial charge in [0.15, 0.2) is 0 Å². The van der Waals surface area contributed by atoms with Crippen molar-refractivity contribution in [2.75, 3.05) is 18.5 Å². The van der Waals surface area contributed by atoms with Crippen LogP contribution in [0.3, 0.4) is 0 Å². The first-order valence-electron chi connectivity index (χ1n) is 5.05. The normalized spacial score (nSPS) is 19.4. The minimum Gasteiger partial charge on any atom is -0.443 e. The number of benzene rings is 1. The molecule has 1 unspecified atom stereocenters. The van der Waals surface area contributed by atoms with Gasteiger partial charge in [-0.1, -0.05) is 0 Å². The second-order valence-electron chi connectivity index (χ2n) is 3.52. The molecule has 5 heteroatoms. The van der Waals surface area contributed by atoms with Crippen LogP contribution in [-0.2, 0) is 9.47 Å². The SMILES string of the molecule is O=C(Nc1ccc(I)cc1)OC1CCOC1. The first-order chi connectivity index (χ1) is 7.74. The van der Waals surface area contributed by atoms with Crippen LogP contribution in [0.15, 0.2) is 24.3 Å². The minimum atomic E-state index is -0.420. The van der Waals surface area contributed by atoms with Gasteiger partial charge in [-0.3, -0.25) is 5.32 Å². The maximum absolute atomic E-state index is 11.5. The largest absolute Gasteiger partial charge is 0.443 e. The van der Waals surface area contributed by atoms with E-state index in [9.17, 15) is 4.79 Å². The van der Waals surface area contributed by atoms with Gasteiger partial charge in [0.1, 0.15) is 6.10 Å². The van der Waals surface area contributed by atoms with Gasteiger partial charge >= 0.3 is 6.09 Å². The van der Waals surface area contributed by atoms with E-state index < -0.39 is 6.09 Å². The molecule has 0 radical (unpaired) electrons. The van der Waals surface area contributed by atoms with Gasteiger partial charge in [-0.15, -0.1) is 0 Å². The number of anilines is 1. The Balaban J connectivity index is 1.84. The second-order valence-corrected chi connectivity index (χ2v) is 4.77. The maximum Gasteiger partial charge on any atom is 0.411 e. The highest BCUT2D eigenvalue weighted by molar-refractivity contribution is 14.1. The number of hydrogen-bond acceptors (Lipinski definition) is 3. The Labute approximate surface area is 107 Å². The molecule has 4 nitrogen and oxygen atoms in total. The highest BCUT2D eigenvalue weighted by Crippen LogP contribution is 2.13. The van der Waals surface area contributed by atoms with Gasteiger partial charge < -0.3 is 9.47 Å². The fraction of sp³-hybridized carbons (Fsp3) is 0.364. The fourth-order valence-corrected chi connectivity index (χ4v) is 1.80. The van der Waals surface area contributed by atoms with E-state index in [-0.39, 0.29) is 6.10 Å². The summed E-state index contributed by atoms with van der Waals surface area (Å²) in [5.41, 5.74) is 0.740. The van der Waals surface area contributed by atoms with Crippen LogP contribution in [0.4, 0.5) is 10.5 Å². The molecule has 86 valence electrons. The van der Waals surface area contributed by atoms with E-state index in [1.165, 1.54) is 0 Å². The highest BCUT2D eigenvalue weighted by Gasteiger charge is 2.19. The Morgan fingerprint density at radius 3 is 2.81 bits per heavy atom. The van der Waals surface area contributed by atoms with Gasteiger partial charge in [-0.2, -0.15) is 0 Å². The van der Waals surface area contributed by atoms with E-state index in [0.717, 1.165) is 15.7 Å². The molecule has 0 bridgehead atoms. The lowest BCUT2D eigenvalue weighted by Crippen LogP contribution is -2.22. The predicted octanol–water partition coefficient (Wildman–Crippen LogP) is 2.63. The van der Waals surface area contributed by atoms with Crippen LogP contribution in [0, 0.1) is 3.57 Å². The number of ether oxygens (including phenoxy) is 2. The Bertz CT molecular complexity index is 360. The van der Waals surface area contributed by atoms with Gasteiger partial charge in [0.2, 0.25) is 0 Å². The molecule has 0 aromatic heterocycles. The van der Waals surface area contributed by atoms with E-state index in [0.29, 0.717) is 13.2 Å². The summed E-state index contributed by atoms with van der Waals surface area (Å²) in [6, 6.07) is 7.53. The zero-order chi connectivity index (χ0) is 11.4. The Morgan fingerprint density at radius 2 is 2.19 bits per heavy atom. The molecule has 2 rings (SSSR count). The summed E-state index contributed by atoms with van der Waals surface area (Å²) in [4.78, 5) is 11.5. The van der Waals surface area contributed by atoms with Crippen LogP contribution in [0.2, 0.25) is 0 Å². The monoisotopic (exact) mass is 333 g/mol. The third kappa shape index (κ3) is 3.34. The van der Waals surface area contributed by atoms with E-state index in [1.54, 1.807) is 0 Å². The van der Waals surface area contributed by atoms with E-state index in [2.05, 4.69) is 27.9 Å². The molecule has 0 saturated carbocycles. The topological polar surface area (TPSA) is 47.6 Å². The van der Waals surface area contributed by atoms with Crippen molar-refractivity contribution in [3.05, 3.63) is 27.8 Å². The van der Waals surface area contributed by atoms with Crippen LogP contribution in [0.25, 0.3) is 0 Å². The molecule has 16 heavy (non-hydrogen) atoms. The Kier molecular flexibility index (Phi) is 4.00. The summed E-state index contributed by atoms with van der Waals surface area (Å²) in [6.07, 6.45) is 0.251. The molecule has 0 spiro atoms. The highest BCUT2D eigenvalue weighted by atomic mass is 127. The molecular weight excluding hydrogens is 321 g/mol. The fourth-order valence-electron chi connectivity index (χ4n) is 1.44. The molecule has 1 saturated heterocycles. The average molecular weight is 333 g/mol. The van der Waals surface area contributed by atoms with Crippen molar-refractivity contribution in [1.29, 1.82) is 0 Å². The molecular formula is C11H12INO3. The molecule has 1 atom stereocenters. The second kappa shape index (κ2) is 5.49. The van der Waals surface area contributed by atoms with Crippen molar-refractivity contribution in [3.63, 3.8) is 0 Å². The molecule has 1 fully saturated rings. The van der Waals surface area contributed by atoms with E-state index in [4.69, 9.17) is 9.47 Å². The Hall–Kier alpha value is -0.820. The van der Waals surface area contributed by atoms with Crippen LogP contribution < -0.4 is 5.32 Å². The smallest absolute Gasteiger partial charge is 0.411 e.